The second-order valence-electron chi connectivity index (χ2n) is 13.8. The van der Waals surface area contributed by atoms with Gasteiger partial charge in [0, 0.05) is 58.5 Å². The van der Waals surface area contributed by atoms with Crippen molar-refractivity contribution in [2.75, 3.05) is 40.3 Å². The van der Waals surface area contributed by atoms with Crippen molar-refractivity contribution in [1.29, 1.82) is 0 Å². The molecule has 47 heavy (non-hydrogen) atoms. The molecule has 0 heterocycles. The number of likely N-dealkylation sites (N-methyl/N-ethyl adjacent to an activating group) is 1. The van der Waals surface area contributed by atoms with Crippen LogP contribution < -0.4 is 10.1 Å². The summed E-state index contributed by atoms with van der Waals surface area (Å²) in [6, 6.07) is -1.01. The van der Waals surface area contributed by atoms with Gasteiger partial charge in [0.2, 0.25) is 31.9 Å². The van der Waals surface area contributed by atoms with Gasteiger partial charge in [-0.25, -0.2) is 34.9 Å². The fourth-order valence-corrected chi connectivity index (χ4v) is 9.00. The largest absolute Gasteiger partial charge is 0.390 e. The van der Waals surface area contributed by atoms with Crippen molar-refractivity contribution < 1.29 is 40.3 Å². The Morgan fingerprint density at radius 2 is 1.43 bits per heavy atom. The van der Waals surface area contributed by atoms with Crippen LogP contribution in [0.2, 0.25) is 0 Å². The molecule has 12 nitrogen and oxygen atoms in total. The summed E-state index contributed by atoms with van der Waals surface area (Å²) in [7, 11) is -4.74. The van der Waals surface area contributed by atoms with Crippen molar-refractivity contribution >= 4 is 31.9 Å². The maximum atomic E-state index is 14.4. The number of hydrazine groups is 1. The Morgan fingerprint density at radius 3 is 1.91 bits per heavy atom. The van der Waals surface area contributed by atoms with Crippen LogP contribution in [0.15, 0.2) is 0 Å². The second-order valence-corrected chi connectivity index (χ2v) is 18.4. The number of alkyl halides is 2. The zero-order valence-electron chi connectivity index (χ0n) is 29.2. The minimum absolute atomic E-state index is 0.0295. The molecule has 2 fully saturated rings. The summed E-state index contributed by atoms with van der Waals surface area (Å²) in [5, 5.41) is 13.8. The van der Waals surface area contributed by atoms with E-state index in [9.17, 15) is 40.3 Å². The van der Waals surface area contributed by atoms with Crippen molar-refractivity contribution in [2.24, 2.45) is 17.8 Å². The molecule has 0 saturated heterocycles. The van der Waals surface area contributed by atoms with Crippen LogP contribution in [0.4, 0.5) is 8.78 Å². The molecule has 2 rings (SSSR count). The summed E-state index contributed by atoms with van der Waals surface area (Å²) in [6.07, 6.45) is -2.48. The lowest BCUT2D eigenvalue weighted by Gasteiger charge is -2.38. The molecule has 0 bridgehead atoms. The van der Waals surface area contributed by atoms with Crippen molar-refractivity contribution in [2.45, 2.75) is 127 Å². The van der Waals surface area contributed by atoms with Crippen LogP contribution in [0, 0.1) is 17.8 Å². The number of nitrogens with zero attached hydrogens (tertiary/aromatic N) is 3. The summed E-state index contributed by atoms with van der Waals surface area (Å²) in [6.45, 7) is 9.61. The molecule has 7 unspecified atom stereocenters. The number of halogens is 2. The first kappa shape index (κ1) is 41.7. The fraction of sp³-hybridized carbons (Fsp3) is 0.935. The van der Waals surface area contributed by atoms with E-state index in [1.165, 1.54) is 33.0 Å². The van der Waals surface area contributed by atoms with E-state index < -0.39 is 78.7 Å². The Morgan fingerprint density at radius 1 is 0.872 bits per heavy atom. The van der Waals surface area contributed by atoms with E-state index in [1.807, 2.05) is 13.8 Å². The molecule has 0 radical (unpaired) electrons. The highest BCUT2D eigenvalue weighted by molar-refractivity contribution is 7.90. The van der Waals surface area contributed by atoms with Crippen LogP contribution in [-0.2, 0) is 29.6 Å². The molecule has 0 spiro atoms. The number of rotatable bonds is 18. The molecule has 2 aliphatic rings. The normalized spacial score (nSPS) is 27.2. The third kappa shape index (κ3) is 12.1. The third-order valence-corrected chi connectivity index (χ3v) is 13.3. The molecule has 0 aromatic rings. The Kier molecular flexibility index (Phi) is 16.4. The number of carbonyl (C=O) groups is 2. The highest BCUT2D eigenvalue weighted by atomic mass is 32.2. The summed E-state index contributed by atoms with van der Waals surface area (Å²) >= 11 is 0. The molecule has 7 atom stereocenters. The lowest BCUT2D eigenvalue weighted by molar-refractivity contribution is -0.138. The number of hydrogen-bond acceptors (Lipinski definition) is 8. The Balaban J connectivity index is 2.39. The number of hydrogen-bond donors (Lipinski definition) is 3. The molecule has 2 amide bonds. The summed E-state index contributed by atoms with van der Waals surface area (Å²) in [4.78, 5) is 31.8. The quantitative estimate of drug-likeness (QED) is 0.183. The minimum atomic E-state index is -3.83. The predicted molar refractivity (Wildman–Crippen MR) is 179 cm³/mol. The standard InChI is InChI=1S/C31H59F2N5O7S2/c1-8-11-37(12-9-2)31(41)24-16-23(17-27(18-24)47(44,45)36(6)7)30(40)34-28(15-22-13-25(32)19-26(33)14-22)29(39)20-38(10-3)35-46(42,43)21(4)5/h21-29,35,39H,8-20H2,1-7H3,(H,34,40). The SMILES string of the molecule is CCCN(CCC)C(=O)C1CC(C(=O)NC(CC2CC(F)CC(F)C2)C(O)CN(CC)NS(=O)(=O)C(C)C)CC(S(=O)(=O)N(C)C)C1. The number of aliphatic hydroxyl groups excluding tert-OH is 1. The van der Waals surface area contributed by atoms with E-state index in [1.54, 1.807) is 11.8 Å². The van der Waals surface area contributed by atoms with Gasteiger partial charge in [-0.05, 0) is 71.1 Å². The highest BCUT2D eigenvalue weighted by Gasteiger charge is 2.44. The van der Waals surface area contributed by atoms with Gasteiger partial charge in [0.25, 0.3) is 0 Å². The van der Waals surface area contributed by atoms with E-state index in [0.29, 0.717) is 13.1 Å². The van der Waals surface area contributed by atoms with Crippen LogP contribution in [0.5, 0.6) is 0 Å². The average Bonchev–Trinajstić information content (AvgIpc) is 2.98. The summed E-state index contributed by atoms with van der Waals surface area (Å²) < 4.78 is 81.5. The lowest BCUT2D eigenvalue weighted by Crippen LogP contribution is -2.55. The number of nitrogens with one attached hydrogen (secondary N) is 2. The average molecular weight is 716 g/mol. The third-order valence-electron chi connectivity index (χ3n) is 9.35. The fourth-order valence-electron chi connectivity index (χ4n) is 6.68. The lowest BCUT2D eigenvalue weighted by atomic mass is 9.79. The zero-order chi connectivity index (χ0) is 35.7. The molecule has 0 aromatic carbocycles. The van der Waals surface area contributed by atoms with E-state index in [0.717, 1.165) is 17.1 Å². The summed E-state index contributed by atoms with van der Waals surface area (Å²) in [5.41, 5.74) is 0. The molecule has 276 valence electrons. The van der Waals surface area contributed by atoms with Crippen molar-refractivity contribution in [3.8, 4) is 0 Å². The Bertz CT molecular complexity index is 1210. The number of aliphatic hydroxyl groups is 1. The van der Waals surface area contributed by atoms with Gasteiger partial charge in [0.15, 0.2) is 0 Å². The zero-order valence-corrected chi connectivity index (χ0v) is 30.8. The first-order chi connectivity index (χ1) is 21.9. The molecule has 16 heteroatoms. The van der Waals surface area contributed by atoms with Gasteiger partial charge >= 0.3 is 0 Å². The van der Waals surface area contributed by atoms with Crippen molar-refractivity contribution in [1.82, 2.24) is 24.4 Å². The van der Waals surface area contributed by atoms with Crippen molar-refractivity contribution in [3.05, 3.63) is 0 Å². The van der Waals surface area contributed by atoms with Crippen LogP contribution >= 0.6 is 0 Å². The van der Waals surface area contributed by atoms with Gasteiger partial charge < -0.3 is 15.3 Å². The van der Waals surface area contributed by atoms with E-state index >= 15 is 0 Å². The second kappa shape index (κ2) is 18.5. The molecule has 0 aromatic heterocycles. The molecule has 0 aliphatic heterocycles. The van der Waals surface area contributed by atoms with Gasteiger partial charge in [-0.2, -0.15) is 0 Å². The van der Waals surface area contributed by atoms with Gasteiger partial charge in [-0.1, -0.05) is 20.8 Å². The molecular weight excluding hydrogens is 656 g/mol. The molecule has 2 saturated carbocycles. The van der Waals surface area contributed by atoms with Crippen LogP contribution in [0.25, 0.3) is 0 Å². The van der Waals surface area contributed by atoms with Gasteiger partial charge in [0.1, 0.15) is 12.3 Å². The van der Waals surface area contributed by atoms with Gasteiger partial charge in [-0.15, -0.1) is 4.83 Å². The molecule has 2 aliphatic carbocycles. The van der Waals surface area contributed by atoms with Crippen LogP contribution in [-0.4, -0.2) is 123 Å². The van der Waals surface area contributed by atoms with Crippen molar-refractivity contribution in [3.63, 3.8) is 0 Å². The topological polar surface area (TPSA) is 156 Å². The molecule has 3 N–H and O–H groups in total. The molecular formula is C31H59F2N5O7S2. The van der Waals surface area contributed by atoms with E-state index in [4.69, 9.17) is 0 Å². The monoisotopic (exact) mass is 715 g/mol. The first-order valence-electron chi connectivity index (χ1n) is 17.1. The summed E-state index contributed by atoms with van der Waals surface area (Å²) in [5.74, 6) is -2.83. The van der Waals surface area contributed by atoms with E-state index in [2.05, 4.69) is 10.1 Å². The minimum Gasteiger partial charge on any atom is -0.390 e. The number of amides is 2. The maximum Gasteiger partial charge on any atom is 0.226 e. The highest BCUT2D eigenvalue weighted by Crippen LogP contribution is 2.36. The van der Waals surface area contributed by atoms with Crippen LogP contribution in [0.3, 0.4) is 0 Å². The van der Waals surface area contributed by atoms with Gasteiger partial charge in [-0.3, -0.25) is 9.59 Å². The Labute approximate surface area is 281 Å². The van der Waals surface area contributed by atoms with Crippen LogP contribution in [0.1, 0.15) is 92.4 Å². The number of sulfonamides is 2. The number of carbonyl (C=O) groups excluding carboxylic acids is 2. The smallest absolute Gasteiger partial charge is 0.226 e. The van der Waals surface area contributed by atoms with E-state index in [-0.39, 0.29) is 63.9 Å². The maximum absolute atomic E-state index is 14.4. The predicted octanol–water partition coefficient (Wildman–Crippen LogP) is 2.59. The van der Waals surface area contributed by atoms with Gasteiger partial charge in [0.05, 0.1) is 22.6 Å². The Hall–Kier alpha value is -1.46. The first-order valence-corrected chi connectivity index (χ1v) is 20.1.